The number of aromatic nitrogens is 1. The molecule has 0 fully saturated rings. The van der Waals surface area contributed by atoms with E-state index in [1.165, 1.54) is 0 Å². The predicted octanol–water partition coefficient (Wildman–Crippen LogP) is 3.17. The number of para-hydroxylation sites is 1. The Morgan fingerprint density at radius 3 is 2.56 bits per heavy atom. The number of hydrogen-bond donors (Lipinski definition) is 2. The molecule has 128 valence electrons. The summed E-state index contributed by atoms with van der Waals surface area (Å²) in [5, 5.41) is 13.0. The summed E-state index contributed by atoms with van der Waals surface area (Å²) < 4.78 is 1.67. The van der Waals surface area contributed by atoms with Gasteiger partial charge in [-0.05, 0) is 41.6 Å². The summed E-state index contributed by atoms with van der Waals surface area (Å²) in [6.07, 6.45) is 0.640. The lowest BCUT2D eigenvalue weighted by Gasteiger charge is -2.11. The molecule has 2 aromatic carbocycles. The fraction of sp³-hybridized carbons (Fsp3) is 0.200. The van der Waals surface area contributed by atoms with E-state index in [4.69, 9.17) is 5.11 Å². The van der Waals surface area contributed by atoms with Crippen molar-refractivity contribution in [2.75, 3.05) is 5.32 Å². The van der Waals surface area contributed by atoms with Gasteiger partial charge in [0.1, 0.15) is 0 Å². The zero-order valence-electron chi connectivity index (χ0n) is 14.0. The van der Waals surface area contributed by atoms with Crippen molar-refractivity contribution in [3.05, 3.63) is 76.1 Å². The second-order valence-corrected chi connectivity index (χ2v) is 6.04. The van der Waals surface area contributed by atoms with Crippen LogP contribution < -0.4 is 10.9 Å². The highest BCUT2D eigenvalue weighted by atomic mass is 16.4. The Hall–Kier alpha value is -3.08. The van der Waals surface area contributed by atoms with Crippen molar-refractivity contribution < 1.29 is 9.90 Å². The minimum absolute atomic E-state index is 0.00993. The molecular weight excluding hydrogens is 316 g/mol. The molecule has 0 amide bonds. The lowest BCUT2D eigenvalue weighted by Crippen LogP contribution is -2.23. The number of nitrogens with zero attached hydrogens (tertiary/aromatic N) is 1. The van der Waals surface area contributed by atoms with Gasteiger partial charge in [0.25, 0.3) is 5.56 Å². The Morgan fingerprint density at radius 2 is 1.84 bits per heavy atom. The molecule has 0 saturated heterocycles. The normalized spacial score (nSPS) is 10.8. The summed E-state index contributed by atoms with van der Waals surface area (Å²) in [6.45, 7) is 0.436. The molecule has 0 radical (unpaired) electrons. The molecule has 25 heavy (non-hydrogen) atoms. The molecular formula is C20H20N2O3. The zero-order chi connectivity index (χ0) is 17.8. The largest absolute Gasteiger partial charge is 0.481 e. The number of carboxylic acids is 1. The van der Waals surface area contributed by atoms with Crippen LogP contribution in [0.2, 0.25) is 0 Å². The third-order valence-corrected chi connectivity index (χ3v) is 4.27. The number of pyridine rings is 1. The molecule has 5 nitrogen and oxygen atoms in total. The molecule has 3 rings (SSSR count). The van der Waals surface area contributed by atoms with Crippen LogP contribution in [-0.2, 0) is 24.8 Å². The van der Waals surface area contributed by atoms with Crippen LogP contribution >= 0.6 is 0 Å². The van der Waals surface area contributed by atoms with Crippen molar-refractivity contribution in [2.24, 2.45) is 7.05 Å². The van der Waals surface area contributed by atoms with Gasteiger partial charge < -0.3 is 15.0 Å². The lowest BCUT2D eigenvalue weighted by molar-refractivity contribution is -0.136. The number of nitrogens with one attached hydrogen (secondary N) is 1. The number of aliphatic carboxylic acids is 1. The van der Waals surface area contributed by atoms with Crippen molar-refractivity contribution in [3.8, 4) is 0 Å². The van der Waals surface area contributed by atoms with Crippen LogP contribution in [0.4, 0.5) is 5.69 Å². The quantitative estimate of drug-likeness (QED) is 0.725. The molecule has 5 heteroatoms. The fourth-order valence-corrected chi connectivity index (χ4v) is 2.85. The van der Waals surface area contributed by atoms with Gasteiger partial charge in [-0.2, -0.15) is 0 Å². The molecule has 1 heterocycles. The maximum absolute atomic E-state index is 12.5. The molecule has 0 unspecified atom stereocenters. The molecule has 0 aliphatic rings. The molecule has 1 aromatic heterocycles. The number of anilines is 1. The van der Waals surface area contributed by atoms with E-state index >= 15 is 0 Å². The average Bonchev–Trinajstić information content (AvgIpc) is 2.62. The first kappa shape index (κ1) is 16.8. The van der Waals surface area contributed by atoms with Gasteiger partial charge in [0, 0.05) is 31.3 Å². The maximum Gasteiger partial charge on any atom is 0.303 e. The second-order valence-electron chi connectivity index (χ2n) is 6.04. The molecule has 0 aliphatic carbocycles. The number of benzene rings is 2. The Bertz CT molecular complexity index is 959. The highest BCUT2D eigenvalue weighted by Crippen LogP contribution is 2.15. The van der Waals surface area contributed by atoms with Gasteiger partial charge in [0.15, 0.2) is 0 Å². The highest BCUT2D eigenvalue weighted by molar-refractivity contribution is 5.79. The van der Waals surface area contributed by atoms with Crippen molar-refractivity contribution in [3.63, 3.8) is 0 Å². The minimum Gasteiger partial charge on any atom is -0.481 e. The number of rotatable bonds is 6. The first-order chi connectivity index (χ1) is 12.0. The summed E-state index contributed by atoms with van der Waals surface area (Å²) in [7, 11) is 1.78. The van der Waals surface area contributed by atoms with Crippen molar-refractivity contribution in [2.45, 2.75) is 19.4 Å². The topological polar surface area (TPSA) is 71.3 Å². The molecule has 3 aromatic rings. The number of carboxylic acid groups (broad SMARTS) is 1. The summed E-state index contributed by atoms with van der Waals surface area (Å²) in [4.78, 5) is 23.1. The standard InChI is InChI=1S/C20H20N2O3/c1-22-18-5-3-2-4-15(18)12-16(20(22)25)13-21-17-9-6-14(7-10-17)8-11-19(23)24/h2-7,9-10,12,21H,8,11,13H2,1H3,(H,23,24). The molecule has 2 N–H and O–H groups in total. The number of carbonyl (C=O) groups is 1. The first-order valence-electron chi connectivity index (χ1n) is 8.17. The zero-order valence-corrected chi connectivity index (χ0v) is 14.0. The van der Waals surface area contributed by atoms with Crippen molar-refractivity contribution >= 4 is 22.6 Å². The Labute approximate surface area is 145 Å². The average molecular weight is 336 g/mol. The van der Waals surface area contributed by atoms with E-state index in [1.807, 2.05) is 54.6 Å². The molecule has 0 spiro atoms. The monoisotopic (exact) mass is 336 g/mol. The molecule has 0 saturated carbocycles. The third kappa shape index (κ3) is 3.88. The molecule has 0 bridgehead atoms. The lowest BCUT2D eigenvalue weighted by atomic mass is 10.1. The number of aryl methyl sites for hydroxylation is 2. The van der Waals surface area contributed by atoms with Gasteiger partial charge in [0.05, 0.1) is 5.52 Å². The highest BCUT2D eigenvalue weighted by Gasteiger charge is 2.06. The third-order valence-electron chi connectivity index (χ3n) is 4.27. The Morgan fingerprint density at radius 1 is 1.12 bits per heavy atom. The fourth-order valence-electron chi connectivity index (χ4n) is 2.85. The van der Waals surface area contributed by atoms with Crippen LogP contribution in [0.5, 0.6) is 0 Å². The second kappa shape index (κ2) is 7.21. The molecule has 0 aliphatic heterocycles. The van der Waals surface area contributed by atoms with Gasteiger partial charge in [-0.15, -0.1) is 0 Å². The van der Waals surface area contributed by atoms with Crippen molar-refractivity contribution in [1.29, 1.82) is 0 Å². The van der Waals surface area contributed by atoms with Gasteiger partial charge in [-0.1, -0.05) is 30.3 Å². The van der Waals surface area contributed by atoms with Crippen LogP contribution in [0.3, 0.4) is 0 Å². The van der Waals surface area contributed by atoms with Gasteiger partial charge in [-0.3, -0.25) is 9.59 Å². The van der Waals surface area contributed by atoms with Crippen LogP contribution in [0.15, 0.2) is 59.4 Å². The Kier molecular flexibility index (Phi) is 4.84. The minimum atomic E-state index is -0.797. The van der Waals surface area contributed by atoms with Crippen LogP contribution in [0.1, 0.15) is 17.5 Å². The smallest absolute Gasteiger partial charge is 0.303 e. The van der Waals surface area contributed by atoms with Gasteiger partial charge in [0.2, 0.25) is 0 Å². The van der Waals surface area contributed by atoms with Crippen LogP contribution in [-0.4, -0.2) is 15.6 Å². The summed E-state index contributed by atoms with van der Waals surface area (Å²) in [5.74, 6) is -0.797. The van der Waals surface area contributed by atoms with E-state index in [9.17, 15) is 9.59 Å². The first-order valence-corrected chi connectivity index (χ1v) is 8.17. The van der Waals surface area contributed by atoms with Gasteiger partial charge in [-0.25, -0.2) is 0 Å². The SMILES string of the molecule is Cn1c(=O)c(CNc2ccc(CCC(=O)O)cc2)cc2ccccc21. The van der Waals surface area contributed by atoms with E-state index in [-0.39, 0.29) is 12.0 Å². The van der Waals surface area contributed by atoms with E-state index in [0.29, 0.717) is 18.5 Å². The van der Waals surface area contributed by atoms with E-state index < -0.39 is 5.97 Å². The van der Waals surface area contributed by atoms with Crippen LogP contribution in [0, 0.1) is 0 Å². The summed E-state index contributed by atoms with van der Waals surface area (Å²) >= 11 is 0. The van der Waals surface area contributed by atoms with E-state index in [1.54, 1.807) is 11.6 Å². The predicted molar refractivity (Wildman–Crippen MR) is 98.9 cm³/mol. The Balaban J connectivity index is 1.73. The maximum atomic E-state index is 12.5. The number of fused-ring (bicyclic) bond motifs is 1. The van der Waals surface area contributed by atoms with Crippen molar-refractivity contribution in [1.82, 2.24) is 4.57 Å². The summed E-state index contributed by atoms with van der Waals surface area (Å²) in [6, 6.07) is 17.4. The van der Waals surface area contributed by atoms with Gasteiger partial charge >= 0.3 is 5.97 Å². The van der Waals surface area contributed by atoms with E-state index in [2.05, 4.69) is 5.32 Å². The van der Waals surface area contributed by atoms with E-state index in [0.717, 1.165) is 22.2 Å². The summed E-state index contributed by atoms with van der Waals surface area (Å²) in [5.41, 5.74) is 3.49. The molecule has 0 atom stereocenters. The van der Waals surface area contributed by atoms with Crippen LogP contribution in [0.25, 0.3) is 10.9 Å². The number of hydrogen-bond acceptors (Lipinski definition) is 3.